The molecule has 0 radical (unpaired) electrons. The molecule has 100 valence electrons. The highest BCUT2D eigenvalue weighted by Crippen LogP contribution is 2.14. The second-order valence-corrected chi connectivity index (χ2v) is 4.86. The quantitative estimate of drug-likeness (QED) is 0.871. The summed E-state index contributed by atoms with van der Waals surface area (Å²) in [6, 6.07) is 3.16. The number of nitrogens with zero attached hydrogens (tertiary/aromatic N) is 4. The highest BCUT2D eigenvalue weighted by atomic mass is 79.9. The summed E-state index contributed by atoms with van der Waals surface area (Å²) in [5.74, 6) is 0.225. The van der Waals surface area contributed by atoms with Gasteiger partial charge in [-0.3, -0.25) is 4.79 Å². The first-order valence-corrected chi connectivity index (χ1v) is 6.65. The first-order chi connectivity index (χ1) is 9.20. The van der Waals surface area contributed by atoms with Gasteiger partial charge in [0, 0.05) is 10.7 Å². The van der Waals surface area contributed by atoms with Crippen LogP contribution in [0, 0.1) is 0 Å². The number of H-pyrrole nitrogens is 1. The lowest BCUT2D eigenvalue weighted by molar-refractivity contribution is 0.0927. The molecule has 0 spiro atoms. The van der Waals surface area contributed by atoms with Crippen molar-refractivity contribution in [2.75, 3.05) is 0 Å². The lowest BCUT2D eigenvalue weighted by Gasteiger charge is -2.13. The zero-order valence-electron chi connectivity index (χ0n) is 10.3. The van der Waals surface area contributed by atoms with Gasteiger partial charge in [-0.25, -0.2) is 4.98 Å². The van der Waals surface area contributed by atoms with Gasteiger partial charge in [0.1, 0.15) is 5.69 Å². The van der Waals surface area contributed by atoms with Crippen molar-refractivity contribution in [2.45, 2.75) is 25.8 Å². The van der Waals surface area contributed by atoms with Gasteiger partial charge in [0.25, 0.3) is 5.91 Å². The second-order valence-electron chi connectivity index (χ2n) is 3.95. The average Bonchev–Trinajstić information content (AvgIpc) is 2.92. The van der Waals surface area contributed by atoms with E-state index in [9.17, 15) is 4.79 Å². The number of carbonyl (C=O) groups excluding carboxylic acids is 1. The molecule has 2 heterocycles. The predicted octanol–water partition coefficient (Wildman–Crippen LogP) is 1.63. The molecule has 2 rings (SSSR count). The van der Waals surface area contributed by atoms with Crippen LogP contribution < -0.4 is 5.32 Å². The number of hydrogen-bond acceptors (Lipinski definition) is 5. The van der Waals surface area contributed by atoms with Crippen molar-refractivity contribution < 1.29 is 4.79 Å². The Kier molecular flexibility index (Phi) is 4.56. The Morgan fingerprint density at radius 2 is 2.37 bits per heavy atom. The molecule has 2 N–H and O–H groups in total. The Morgan fingerprint density at radius 1 is 1.53 bits per heavy atom. The maximum absolute atomic E-state index is 12.1. The van der Waals surface area contributed by atoms with Gasteiger partial charge >= 0.3 is 0 Å². The number of pyridine rings is 1. The van der Waals surface area contributed by atoms with Crippen LogP contribution in [0.3, 0.4) is 0 Å². The maximum Gasteiger partial charge on any atom is 0.270 e. The first kappa shape index (κ1) is 13.6. The van der Waals surface area contributed by atoms with Gasteiger partial charge in [0.05, 0.1) is 6.04 Å². The summed E-state index contributed by atoms with van der Waals surface area (Å²) in [4.78, 5) is 16.1. The normalized spacial score (nSPS) is 12.1. The van der Waals surface area contributed by atoms with E-state index in [4.69, 9.17) is 0 Å². The van der Waals surface area contributed by atoms with E-state index in [-0.39, 0.29) is 11.9 Å². The smallest absolute Gasteiger partial charge is 0.270 e. The van der Waals surface area contributed by atoms with Gasteiger partial charge in [0.2, 0.25) is 0 Å². The van der Waals surface area contributed by atoms with Crippen molar-refractivity contribution in [1.82, 2.24) is 30.9 Å². The number of hydrogen-bond donors (Lipinski definition) is 2. The number of rotatable bonds is 5. The number of aromatic nitrogens is 5. The molecule has 0 saturated carbocycles. The van der Waals surface area contributed by atoms with E-state index in [1.165, 1.54) is 0 Å². The van der Waals surface area contributed by atoms with Crippen molar-refractivity contribution in [1.29, 1.82) is 0 Å². The molecule has 0 bridgehead atoms. The Hall–Kier alpha value is -1.83. The number of nitrogens with one attached hydrogen (secondary N) is 2. The fraction of sp³-hybridized carbons (Fsp3) is 0.364. The minimum absolute atomic E-state index is 0.254. The summed E-state index contributed by atoms with van der Waals surface area (Å²) in [7, 11) is 0. The Bertz CT molecular complexity index is 527. The molecule has 0 saturated heterocycles. The number of carbonyl (C=O) groups is 1. The molecule has 2 aromatic rings. The molecule has 0 aromatic carbocycles. The van der Waals surface area contributed by atoms with Gasteiger partial charge in [-0.15, -0.1) is 10.2 Å². The van der Waals surface area contributed by atoms with Crippen LogP contribution in [0.15, 0.2) is 22.8 Å². The summed E-state index contributed by atoms with van der Waals surface area (Å²) in [5.41, 5.74) is 0.354. The van der Waals surface area contributed by atoms with Crippen LogP contribution in [0.5, 0.6) is 0 Å². The van der Waals surface area contributed by atoms with Crippen LogP contribution in [-0.2, 0) is 0 Å². The van der Waals surface area contributed by atoms with Gasteiger partial charge in [-0.1, -0.05) is 18.6 Å². The van der Waals surface area contributed by atoms with Crippen LogP contribution in [0.4, 0.5) is 0 Å². The van der Waals surface area contributed by atoms with Crippen LogP contribution >= 0.6 is 15.9 Å². The summed E-state index contributed by atoms with van der Waals surface area (Å²) < 4.78 is 0.826. The van der Waals surface area contributed by atoms with E-state index in [2.05, 4.69) is 46.9 Å². The lowest BCUT2D eigenvalue weighted by atomic mass is 10.1. The van der Waals surface area contributed by atoms with Gasteiger partial charge in [-0.05, 0) is 34.5 Å². The molecular formula is C11H13BrN6O. The van der Waals surface area contributed by atoms with Crippen molar-refractivity contribution in [3.63, 3.8) is 0 Å². The molecule has 8 heteroatoms. The standard InChI is InChI=1S/C11H13BrN6O/c1-2-3-8(10-15-17-18-16-10)14-11(19)9-5-4-7(12)6-13-9/h4-6,8H,2-3H2,1H3,(H,14,19)(H,15,16,17,18)/t8-/m0/s1. The molecule has 0 fully saturated rings. The van der Waals surface area contributed by atoms with Crippen molar-refractivity contribution >= 4 is 21.8 Å². The monoisotopic (exact) mass is 324 g/mol. The highest BCUT2D eigenvalue weighted by Gasteiger charge is 2.19. The maximum atomic E-state index is 12.1. The van der Waals surface area contributed by atoms with Crippen molar-refractivity contribution in [2.24, 2.45) is 0 Å². The van der Waals surface area contributed by atoms with E-state index in [1.54, 1.807) is 18.3 Å². The summed E-state index contributed by atoms with van der Waals surface area (Å²) in [6.45, 7) is 2.02. The van der Waals surface area contributed by atoms with Crippen LogP contribution in [0.25, 0.3) is 0 Å². The van der Waals surface area contributed by atoms with E-state index in [0.717, 1.165) is 17.3 Å². The predicted molar refractivity (Wildman–Crippen MR) is 71.2 cm³/mol. The van der Waals surface area contributed by atoms with E-state index in [1.807, 2.05) is 6.92 Å². The molecule has 19 heavy (non-hydrogen) atoms. The third-order valence-corrected chi connectivity index (χ3v) is 2.99. The second kappa shape index (κ2) is 6.37. The van der Waals surface area contributed by atoms with Gasteiger partial charge in [0.15, 0.2) is 5.82 Å². The lowest BCUT2D eigenvalue weighted by Crippen LogP contribution is -2.30. The third kappa shape index (κ3) is 3.57. The molecule has 1 amide bonds. The number of aromatic amines is 1. The SMILES string of the molecule is CCC[C@H](NC(=O)c1ccc(Br)cn1)c1nn[nH]n1. The van der Waals surface area contributed by atoms with Crippen LogP contribution in [-0.4, -0.2) is 31.5 Å². The topological polar surface area (TPSA) is 96.5 Å². The van der Waals surface area contributed by atoms with Crippen LogP contribution in [0.2, 0.25) is 0 Å². The molecule has 7 nitrogen and oxygen atoms in total. The highest BCUT2D eigenvalue weighted by molar-refractivity contribution is 9.10. The molecule has 0 aliphatic heterocycles. The first-order valence-electron chi connectivity index (χ1n) is 5.86. The fourth-order valence-corrected chi connectivity index (χ4v) is 1.85. The largest absolute Gasteiger partial charge is 0.341 e. The summed E-state index contributed by atoms with van der Waals surface area (Å²) >= 11 is 3.28. The van der Waals surface area contributed by atoms with E-state index < -0.39 is 0 Å². The zero-order chi connectivity index (χ0) is 13.7. The molecule has 2 aromatic heterocycles. The van der Waals surface area contributed by atoms with Crippen molar-refractivity contribution in [3.05, 3.63) is 34.3 Å². The van der Waals surface area contributed by atoms with Crippen LogP contribution in [0.1, 0.15) is 42.1 Å². The molecule has 1 atom stereocenters. The molecular weight excluding hydrogens is 312 g/mol. The summed E-state index contributed by atoms with van der Waals surface area (Å²) in [6.07, 6.45) is 3.22. The average molecular weight is 325 g/mol. The third-order valence-electron chi connectivity index (χ3n) is 2.52. The Balaban J connectivity index is 2.09. The number of tetrazole rings is 1. The minimum atomic E-state index is -0.262. The van der Waals surface area contributed by atoms with Gasteiger partial charge in [-0.2, -0.15) is 5.21 Å². The number of amides is 1. The van der Waals surface area contributed by atoms with E-state index in [0.29, 0.717) is 11.5 Å². The van der Waals surface area contributed by atoms with Gasteiger partial charge < -0.3 is 5.32 Å². The van der Waals surface area contributed by atoms with E-state index >= 15 is 0 Å². The molecule has 0 aliphatic rings. The molecule has 0 unspecified atom stereocenters. The fourth-order valence-electron chi connectivity index (χ4n) is 1.61. The zero-order valence-corrected chi connectivity index (χ0v) is 11.9. The molecule has 0 aliphatic carbocycles. The van der Waals surface area contributed by atoms with Crippen molar-refractivity contribution in [3.8, 4) is 0 Å². The Morgan fingerprint density at radius 3 is 2.95 bits per heavy atom. The Labute approximate surface area is 118 Å². The number of halogens is 1. The minimum Gasteiger partial charge on any atom is -0.341 e. The summed E-state index contributed by atoms with van der Waals surface area (Å²) in [5, 5.41) is 16.6.